The van der Waals surface area contributed by atoms with Gasteiger partial charge in [0, 0.05) is 33.6 Å². The fourth-order valence-electron chi connectivity index (χ4n) is 3.69. The molecule has 182 valence electrons. The first-order valence-electron chi connectivity index (χ1n) is 12.0. The van der Waals surface area contributed by atoms with Crippen molar-refractivity contribution >= 4 is 28.3 Å². The molecule has 0 radical (unpaired) electrons. The van der Waals surface area contributed by atoms with E-state index in [4.69, 9.17) is 13.9 Å². The normalized spacial score (nSPS) is 14.8. The second kappa shape index (κ2) is 15.0. The van der Waals surface area contributed by atoms with Crippen molar-refractivity contribution < 1.29 is 23.5 Å². The molecule has 2 atom stereocenters. The summed E-state index contributed by atoms with van der Waals surface area (Å²) < 4.78 is 17.4. The monoisotopic (exact) mass is 472 g/mol. The maximum atomic E-state index is 12.0. The number of carbonyl (C=O) groups is 2. The number of ether oxygens (including phenoxy) is 2. The van der Waals surface area contributed by atoms with Crippen molar-refractivity contribution in [3.63, 3.8) is 0 Å². The van der Waals surface area contributed by atoms with Crippen molar-refractivity contribution in [2.45, 2.75) is 123 Å². The van der Waals surface area contributed by atoms with E-state index in [-0.39, 0.29) is 24.1 Å². The molecule has 7 heteroatoms. The molecular weight excluding hydrogens is 424 g/mol. The van der Waals surface area contributed by atoms with Crippen LogP contribution in [0.25, 0.3) is 0 Å². The van der Waals surface area contributed by atoms with Gasteiger partial charge in [0.2, 0.25) is 0 Å². The molecule has 0 aromatic carbocycles. The lowest BCUT2D eigenvalue weighted by Gasteiger charge is -2.33. The number of allylic oxidation sites excluding steroid dienone is 1. The van der Waals surface area contributed by atoms with Gasteiger partial charge in [0.25, 0.3) is 0 Å². The number of rotatable bonds is 16. The second-order valence-electron chi connectivity index (χ2n) is 10.0. The lowest BCUT2D eigenvalue weighted by molar-refractivity contribution is -0.147. The smallest absolute Gasteiger partial charge is 0.330 e. The van der Waals surface area contributed by atoms with Crippen molar-refractivity contribution in [3.8, 4) is 0 Å². The van der Waals surface area contributed by atoms with Crippen molar-refractivity contribution in [2.24, 2.45) is 0 Å². The summed E-state index contributed by atoms with van der Waals surface area (Å²) in [7, 11) is -2.87. The quantitative estimate of drug-likeness (QED) is 0.142. The Kier molecular flexibility index (Phi) is 14.6. The molecule has 0 aliphatic carbocycles. The molecule has 0 rings (SSSR count). The third-order valence-electron chi connectivity index (χ3n) is 5.87. The molecule has 0 saturated heterocycles. The summed E-state index contributed by atoms with van der Waals surface area (Å²) in [5.74, 6) is -0.505. The Balaban J connectivity index is 4.63. The molecule has 0 bridgehead atoms. The summed E-state index contributed by atoms with van der Waals surface area (Å²) >= 11 is 0. The summed E-state index contributed by atoms with van der Waals surface area (Å²) in [5.41, 5.74) is 0.998. The lowest BCUT2D eigenvalue weighted by atomic mass is 10.0. The first-order valence-corrected chi connectivity index (χ1v) is 18.3. The Morgan fingerprint density at radius 1 is 1.00 bits per heavy atom. The third kappa shape index (κ3) is 14.7. The third-order valence-corrected chi connectivity index (χ3v) is 12.3. The van der Waals surface area contributed by atoms with Gasteiger partial charge in [-0.3, -0.25) is 4.79 Å². The van der Waals surface area contributed by atoms with E-state index in [0.717, 1.165) is 55.4 Å². The van der Waals surface area contributed by atoms with Gasteiger partial charge in [-0.15, -0.1) is 0 Å². The van der Waals surface area contributed by atoms with E-state index >= 15 is 0 Å². The van der Waals surface area contributed by atoms with Crippen molar-refractivity contribution in [1.82, 2.24) is 0 Å². The molecule has 0 saturated carbocycles. The number of esters is 2. The van der Waals surface area contributed by atoms with E-state index < -0.39 is 16.4 Å². The first-order chi connectivity index (χ1) is 14.4. The molecule has 0 aromatic heterocycles. The van der Waals surface area contributed by atoms with Crippen LogP contribution in [0, 0.1) is 0 Å². The van der Waals surface area contributed by atoms with Gasteiger partial charge in [-0.2, -0.15) is 0 Å². The molecule has 0 amide bonds. The summed E-state index contributed by atoms with van der Waals surface area (Å²) in [6.45, 7) is 19.5. The Bertz CT molecular complexity index is 557. The average molecular weight is 473 g/mol. The van der Waals surface area contributed by atoms with Crippen LogP contribution < -0.4 is 0 Å². The molecule has 0 aliphatic heterocycles. The average Bonchev–Trinajstić information content (AvgIpc) is 2.64. The van der Waals surface area contributed by atoms with Gasteiger partial charge in [-0.1, -0.05) is 46.0 Å². The van der Waals surface area contributed by atoms with Gasteiger partial charge in [0.05, 0.1) is 6.61 Å². The zero-order valence-corrected chi connectivity index (χ0v) is 23.6. The van der Waals surface area contributed by atoms with Crippen LogP contribution in [-0.4, -0.2) is 47.1 Å². The topological polar surface area (TPSA) is 61.8 Å². The highest BCUT2D eigenvalue weighted by molar-refractivity contribution is 6.76. The fourth-order valence-corrected chi connectivity index (χ4v) is 7.35. The molecule has 31 heavy (non-hydrogen) atoms. The van der Waals surface area contributed by atoms with Gasteiger partial charge < -0.3 is 13.9 Å². The Hall–Kier alpha value is -0.926. The number of hydrogen-bond acceptors (Lipinski definition) is 5. The summed E-state index contributed by atoms with van der Waals surface area (Å²) in [6, 6.07) is 4.32. The van der Waals surface area contributed by atoms with Crippen LogP contribution in [0.1, 0.15) is 67.2 Å². The molecule has 0 fully saturated rings. The van der Waals surface area contributed by atoms with E-state index in [2.05, 4.69) is 47.3 Å². The van der Waals surface area contributed by atoms with Crippen LogP contribution in [0.2, 0.25) is 43.8 Å². The molecule has 5 nitrogen and oxygen atoms in total. The molecule has 0 aliphatic rings. The van der Waals surface area contributed by atoms with Crippen LogP contribution in [0.15, 0.2) is 11.6 Å². The van der Waals surface area contributed by atoms with Crippen molar-refractivity contribution in [1.29, 1.82) is 0 Å². The van der Waals surface area contributed by atoms with Gasteiger partial charge in [-0.05, 0) is 57.3 Å². The molecule has 0 spiro atoms. The summed E-state index contributed by atoms with van der Waals surface area (Å²) in [6.07, 6.45) is 4.65. The summed E-state index contributed by atoms with van der Waals surface area (Å²) in [4.78, 5) is 23.6. The predicted molar refractivity (Wildman–Crippen MR) is 135 cm³/mol. The highest BCUT2D eigenvalue weighted by atomic mass is 28.4. The van der Waals surface area contributed by atoms with Gasteiger partial charge in [-0.25, -0.2) is 4.79 Å². The lowest BCUT2D eigenvalue weighted by Crippen LogP contribution is -2.40. The maximum Gasteiger partial charge on any atom is 0.330 e. The minimum atomic E-state index is -1.68. The molecule has 0 N–H and O–H groups in total. The van der Waals surface area contributed by atoms with E-state index in [1.165, 1.54) is 6.92 Å². The Morgan fingerprint density at radius 2 is 1.58 bits per heavy atom. The van der Waals surface area contributed by atoms with Crippen molar-refractivity contribution in [2.75, 3.05) is 6.61 Å². The predicted octanol–water partition coefficient (Wildman–Crippen LogP) is 6.72. The Labute approximate surface area is 193 Å². The molecule has 0 unspecified atom stereocenters. The maximum absolute atomic E-state index is 12.0. The van der Waals surface area contributed by atoms with Gasteiger partial charge in [0.1, 0.15) is 6.10 Å². The fraction of sp³-hybridized carbons (Fsp3) is 0.833. The molecular formula is C24H48O5Si2. The Morgan fingerprint density at radius 3 is 2.06 bits per heavy atom. The zero-order valence-electron chi connectivity index (χ0n) is 21.6. The highest BCUT2D eigenvalue weighted by Crippen LogP contribution is 2.26. The summed E-state index contributed by atoms with van der Waals surface area (Å²) in [5, 5.41) is 0. The van der Waals surface area contributed by atoms with E-state index in [1.54, 1.807) is 6.08 Å². The van der Waals surface area contributed by atoms with Crippen LogP contribution in [0.3, 0.4) is 0 Å². The van der Waals surface area contributed by atoms with Gasteiger partial charge in [0.15, 0.2) is 8.32 Å². The number of hydrogen-bond donors (Lipinski definition) is 0. The standard InChI is InChI=1S/C24H48O5Si2/c1-10-31(11-2,12-3)29-21(5)19-23(28-22(6)25)15-13-14-20(4)18-24(26)27-16-17-30(7,8)9/h18,21,23H,10-17,19H2,1-9H3/b20-18-/t21-,23+/m1/s1. The minimum Gasteiger partial charge on any atom is -0.463 e. The zero-order chi connectivity index (χ0) is 24.1. The van der Waals surface area contributed by atoms with E-state index in [0.29, 0.717) is 6.61 Å². The minimum absolute atomic E-state index is 0.0776. The SMILES string of the molecule is CC[Si](CC)(CC)O[C@H](C)C[C@H](CCC/C(C)=C\C(=O)OCC[Si](C)(C)C)OC(C)=O. The van der Waals surface area contributed by atoms with Crippen LogP contribution in [0.5, 0.6) is 0 Å². The first kappa shape index (κ1) is 30.1. The van der Waals surface area contributed by atoms with Crippen LogP contribution in [-0.2, 0) is 23.5 Å². The second-order valence-corrected chi connectivity index (χ2v) is 20.3. The van der Waals surface area contributed by atoms with E-state index in [1.807, 2.05) is 6.92 Å². The molecule has 0 aromatic rings. The van der Waals surface area contributed by atoms with Crippen LogP contribution >= 0.6 is 0 Å². The van der Waals surface area contributed by atoms with E-state index in [9.17, 15) is 9.59 Å². The van der Waals surface area contributed by atoms with Gasteiger partial charge >= 0.3 is 11.9 Å². The number of carbonyl (C=O) groups excluding carboxylic acids is 2. The van der Waals surface area contributed by atoms with Crippen molar-refractivity contribution in [3.05, 3.63) is 11.6 Å². The van der Waals surface area contributed by atoms with Crippen LogP contribution in [0.4, 0.5) is 0 Å². The highest BCUT2D eigenvalue weighted by Gasteiger charge is 2.31. The molecule has 0 heterocycles. The largest absolute Gasteiger partial charge is 0.463 e.